The molecule has 0 bridgehead atoms. The Kier molecular flexibility index (Phi) is 4.34. The Morgan fingerprint density at radius 1 is 1.34 bits per heavy atom. The number of aromatic nitrogens is 4. The summed E-state index contributed by atoms with van der Waals surface area (Å²) >= 11 is 0. The van der Waals surface area contributed by atoms with Gasteiger partial charge in [-0.1, -0.05) is 30.3 Å². The second-order valence-corrected chi connectivity index (χ2v) is 8.20. The number of nitrogens with zero attached hydrogens (tertiary/aromatic N) is 4. The lowest BCUT2D eigenvalue weighted by atomic mass is 9.73. The highest BCUT2D eigenvalue weighted by atomic mass is 16.5. The first kappa shape index (κ1) is 17.9. The van der Waals surface area contributed by atoms with Gasteiger partial charge in [0.25, 0.3) is 5.95 Å². The highest BCUT2D eigenvalue weighted by Crippen LogP contribution is 2.37. The molecule has 1 aliphatic heterocycles. The molecule has 1 aliphatic carbocycles. The minimum atomic E-state index is -0.493. The maximum atomic E-state index is 13.4. The number of aromatic amines is 1. The fraction of sp³-hybridized carbons (Fsp3) is 0.429. The molecule has 1 amide bonds. The third-order valence-corrected chi connectivity index (χ3v) is 6.01. The van der Waals surface area contributed by atoms with Crippen LogP contribution in [0.15, 0.2) is 41.1 Å². The average molecular weight is 392 g/mol. The van der Waals surface area contributed by atoms with Crippen LogP contribution in [0.25, 0.3) is 0 Å². The second kappa shape index (κ2) is 7.02. The van der Waals surface area contributed by atoms with Gasteiger partial charge < -0.3 is 14.7 Å². The lowest BCUT2D eigenvalue weighted by molar-refractivity contribution is -0.133. The Morgan fingerprint density at radius 3 is 2.93 bits per heavy atom. The number of aryl methyl sites for hydroxylation is 2. The molecule has 0 spiro atoms. The fourth-order valence-corrected chi connectivity index (χ4v) is 4.44. The van der Waals surface area contributed by atoms with Crippen molar-refractivity contribution in [2.75, 3.05) is 18.0 Å². The number of carbonyl (C=O) groups is 1. The normalized spacial score (nSPS) is 20.0. The van der Waals surface area contributed by atoms with Crippen LogP contribution in [0.4, 0.5) is 5.95 Å². The van der Waals surface area contributed by atoms with Crippen LogP contribution in [0.3, 0.4) is 0 Å². The van der Waals surface area contributed by atoms with Crippen LogP contribution in [-0.2, 0) is 24.1 Å². The third kappa shape index (κ3) is 3.39. The molecule has 1 atom stereocenters. The van der Waals surface area contributed by atoms with Crippen molar-refractivity contribution in [3.05, 3.63) is 59.2 Å². The molecule has 8 heteroatoms. The van der Waals surface area contributed by atoms with E-state index in [1.165, 1.54) is 11.3 Å². The lowest BCUT2D eigenvalue weighted by Gasteiger charge is -2.49. The molecule has 1 fully saturated rings. The summed E-state index contributed by atoms with van der Waals surface area (Å²) in [7, 11) is 0. The van der Waals surface area contributed by atoms with Gasteiger partial charge in [0, 0.05) is 31.7 Å². The summed E-state index contributed by atoms with van der Waals surface area (Å²) in [6.45, 7) is 2.93. The molecule has 0 saturated carbocycles. The van der Waals surface area contributed by atoms with E-state index in [1.807, 2.05) is 29.3 Å². The molecule has 3 aromatic rings. The quantitative estimate of drug-likeness (QED) is 0.687. The van der Waals surface area contributed by atoms with E-state index in [4.69, 9.17) is 4.52 Å². The van der Waals surface area contributed by atoms with E-state index < -0.39 is 5.41 Å². The number of carbonyl (C=O) groups excluding carboxylic acids is 1. The molecular weight excluding hydrogens is 368 g/mol. The Hall–Kier alpha value is -3.16. The molecule has 2 N–H and O–H groups in total. The predicted molar refractivity (Wildman–Crippen MR) is 106 cm³/mol. The van der Waals surface area contributed by atoms with Crippen molar-refractivity contribution in [1.82, 2.24) is 25.7 Å². The number of benzene rings is 1. The Morgan fingerprint density at radius 2 is 2.17 bits per heavy atom. The molecule has 5 rings (SSSR count). The van der Waals surface area contributed by atoms with Gasteiger partial charge in [-0.15, -0.1) is 0 Å². The number of amides is 1. The molecule has 1 aromatic carbocycles. The number of hydrogen-bond acceptors (Lipinski definition) is 6. The summed E-state index contributed by atoms with van der Waals surface area (Å²) < 4.78 is 5.10. The van der Waals surface area contributed by atoms with Crippen molar-refractivity contribution >= 4 is 11.9 Å². The average Bonchev–Trinajstić information content (AvgIpc) is 3.33. The van der Waals surface area contributed by atoms with Crippen LogP contribution in [0.5, 0.6) is 0 Å². The molecule has 29 heavy (non-hydrogen) atoms. The Labute approximate surface area is 168 Å². The molecule has 3 heterocycles. The van der Waals surface area contributed by atoms with Crippen molar-refractivity contribution in [3.8, 4) is 0 Å². The summed E-state index contributed by atoms with van der Waals surface area (Å²) in [6, 6.07) is 10.3. The summed E-state index contributed by atoms with van der Waals surface area (Å²) in [5.41, 5.74) is 3.06. The number of rotatable bonds is 5. The van der Waals surface area contributed by atoms with Gasteiger partial charge in [-0.3, -0.25) is 9.89 Å². The number of hydrogen-bond donors (Lipinski definition) is 2. The summed E-state index contributed by atoms with van der Waals surface area (Å²) in [6.07, 6.45) is 5.23. The van der Waals surface area contributed by atoms with Crippen molar-refractivity contribution in [3.63, 3.8) is 0 Å². The number of fused-ring (bicyclic) bond motifs is 1. The van der Waals surface area contributed by atoms with Crippen LogP contribution < -0.4 is 10.2 Å². The minimum absolute atomic E-state index is 0.106. The zero-order valence-corrected chi connectivity index (χ0v) is 16.4. The molecular formula is C21H24N6O2. The molecule has 2 aliphatic rings. The molecule has 150 valence electrons. The van der Waals surface area contributed by atoms with E-state index in [1.54, 1.807) is 6.92 Å². The number of anilines is 1. The van der Waals surface area contributed by atoms with Gasteiger partial charge in [-0.2, -0.15) is 10.1 Å². The van der Waals surface area contributed by atoms with Crippen molar-refractivity contribution in [2.45, 2.75) is 38.6 Å². The minimum Gasteiger partial charge on any atom is -0.352 e. The fourth-order valence-electron chi connectivity index (χ4n) is 4.44. The smallest absolute Gasteiger partial charge is 0.266 e. The highest BCUT2D eigenvalue weighted by molar-refractivity contribution is 5.86. The van der Waals surface area contributed by atoms with Gasteiger partial charge in [-0.05, 0) is 42.0 Å². The third-order valence-electron chi connectivity index (χ3n) is 6.01. The first-order chi connectivity index (χ1) is 14.1. The Bertz CT molecular complexity index is 1010. The first-order valence-electron chi connectivity index (χ1n) is 10.0. The monoisotopic (exact) mass is 392 g/mol. The Balaban J connectivity index is 1.32. The van der Waals surface area contributed by atoms with Crippen molar-refractivity contribution in [1.29, 1.82) is 0 Å². The van der Waals surface area contributed by atoms with Gasteiger partial charge in [0.2, 0.25) is 11.8 Å². The van der Waals surface area contributed by atoms with Crippen LogP contribution in [0, 0.1) is 12.3 Å². The lowest BCUT2D eigenvalue weighted by Crippen LogP contribution is -2.66. The molecule has 8 nitrogen and oxygen atoms in total. The van der Waals surface area contributed by atoms with E-state index in [0.29, 0.717) is 31.3 Å². The van der Waals surface area contributed by atoms with Crippen LogP contribution >= 0.6 is 0 Å². The topological polar surface area (TPSA) is 99.9 Å². The summed E-state index contributed by atoms with van der Waals surface area (Å²) in [4.78, 5) is 19.7. The van der Waals surface area contributed by atoms with Gasteiger partial charge in [-0.25, -0.2) is 0 Å². The van der Waals surface area contributed by atoms with Crippen LogP contribution in [0.1, 0.15) is 29.1 Å². The predicted octanol–water partition coefficient (Wildman–Crippen LogP) is 1.82. The summed E-state index contributed by atoms with van der Waals surface area (Å²) in [5.74, 6) is 1.19. The van der Waals surface area contributed by atoms with Gasteiger partial charge in [0.15, 0.2) is 0 Å². The molecule has 2 aromatic heterocycles. The largest absolute Gasteiger partial charge is 0.352 e. The van der Waals surface area contributed by atoms with E-state index in [-0.39, 0.29) is 11.9 Å². The second-order valence-electron chi connectivity index (χ2n) is 8.20. The van der Waals surface area contributed by atoms with E-state index in [0.717, 1.165) is 24.8 Å². The SMILES string of the molecule is Cc1nc(N2CC(Cc3ccccc3)(C(=O)NC3CCc4[nH]ncc4C3)C2)no1. The van der Waals surface area contributed by atoms with E-state index >= 15 is 0 Å². The van der Waals surface area contributed by atoms with Gasteiger partial charge >= 0.3 is 0 Å². The van der Waals surface area contributed by atoms with E-state index in [9.17, 15) is 4.79 Å². The first-order valence-corrected chi connectivity index (χ1v) is 10.0. The molecule has 1 saturated heterocycles. The number of H-pyrrole nitrogens is 1. The van der Waals surface area contributed by atoms with Gasteiger partial charge in [0.05, 0.1) is 11.6 Å². The zero-order chi connectivity index (χ0) is 19.8. The van der Waals surface area contributed by atoms with E-state index in [2.05, 4.69) is 37.8 Å². The zero-order valence-electron chi connectivity index (χ0n) is 16.4. The number of nitrogens with one attached hydrogen (secondary N) is 2. The maximum absolute atomic E-state index is 13.4. The van der Waals surface area contributed by atoms with Crippen LogP contribution in [0.2, 0.25) is 0 Å². The maximum Gasteiger partial charge on any atom is 0.266 e. The van der Waals surface area contributed by atoms with Crippen molar-refractivity contribution in [2.24, 2.45) is 5.41 Å². The molecule has 0 radical (unpaired) electrons. The van der Waals surface area contributed by atoms with Crippen LogP contribution in [-0.4, -0.2) is 45.4 Å². The standard InChI is InChI=1S/C21H24N6O2/c1-14-23-20(26-29-14)27-12-21(13-27,10-15-5-3-2-4-6-15)19(28)24-17-7-8-18-16(9-17)11-22-25-18/h2-6,11,17H,7-10,12-13H2,1H3,(H,22,25)(H,24,28). The summed E-state index contributed by atoms with van der Waals surface area (Å²) in [5, 5.41) is 14.5. The van der Waals surface area contributed by atoms with Gasteiger partial charge in [0.1, 0.15) is 0 Å². The highest BCUT2D eigenvalue weighted by Gasteiger charge is 2.51. The van der Waals surface area contributed by atoms with Crippen molar-refractivity contribution < 1.29 is 9.32 Å². The molecule has 1 unspecified atom stereocenters.